The number of hydrogen-bond donors (Lipinski definition) is 0. The van der Waals surface area contributed by atoms with Crippen molar-refractivity contribution in [3.05, 3.63) is 24.5 Å². The zero-order valence-electron chi connectivity index (χ0n) is 5.61. The first-order valence-electron chi connectivity index (χ1n) is 2.79. The number of rotatable bonds is 1. The third-order valence-electron chi connectivity index (χ3n) is 1.14. The average molecular weight is 206 g/mol. The van der Waals surface area contributed by atoms with Crippen molar-refractivity contribution in [1.29, 1.82) is 0 Å². The minimum atomic E-state index is -0.929. The van der Waals surface area contributed by atoms with Crippen LogP contribution in [0.1, 0.15) is 0 Å². The first kappa shape index (κ1) is 7.34. The standard InChI is InChI=1S/C6H10NPSe/c1-8(2,9)7-5-3-4-6-7/h3-6H,1-2H3. The summed E-state index contributed by atoms with van der Waals surface area (Å²) in [6, 6.07) is 4.11. The molecule has 1 nitrogen and oxygen atoms in total. The van der Waals surface area contributed by atoms with Crippen LogP contribution in [0.3, 0.4) is 0 Å². The van der Waals surface area contributed by atoms with Gasteiger partial charge in [0.2, 0.25) is 0 Å². The van der Waals surface area contributed by atoms with Crippen molar-refractivity contribution >= 4 is 20.8 Å². The fourth-order valence-corrected chi connectivity index (χ4v) is 2.13. The molecular weight excluding hydrogens is 196 g/mol. The predicted molar refractivity (Wildman–Crippen MR) is 44.4 cm³/mol. The van der Waals surface area contributed by atoms with Gasteiger partial charge in [-0.25, -0.2) is 0 Å². The summed E-state index contributed by atoms with van der Waals surface area (Å²) in [6.45, 7) is 4.49. The first-order chi connectivity index (χ1) is 4.11. The molecule has 0 N–H and O–H groups in total. The summed E-state index contributed by atoms with van der Waals surface area (Å²) in [5, 5.41) is 0. The van der Waals surface area contributed by atoms with Gasteiger partial charge in [-0.3, -0.25) is 0 Å². The van der Waals surface area contributed by atoms with Crippen LogP contribution in [0.25, 0.3) is 0 Å². The molecule has 0 aliphatic rings. The van der Waals surface area contributed by atoms with E-state index in [1.165, 1.54) is 0 Å². The second-order valence-electron chi connectivity index (χ2n) is 2.36. The van der Waals surface area contributed by atoms with Crippen molar-refractivity contribution in [2.24, 2.45) is 0 Å². The van der Waals surface area contributed by atoms with E-state index in [0.29, 0.717) is 0 Å². The normalized spacial score (nSPS) is 11.8. The quantitative estimate of drug-likeness (QED) is 0.486. The van der Waals surface area contributed by atoms with Crippen molar-refractivity contribution in [1.82, 2.24) is 4.34 Å². The topological polar surface area (TPSA) is 4.93 Å². The Morgan fingerprint density at radius 1 is 1.22 bits per heavy atom. The van der Waals surface area contributed by atoms with Crippen LogP contribution in [0.15, 0.2) is 24.5 Å². The van der Waals surface area contributed by atoms with E-state index < -0.39 is 5.66 Å². The van der Waals surface area contributed by atoms with Gasteiger partial charge in [-0.05, 0) is 0 Å². The summed E-state index contributed by atoms with van der Waals surface area (Å²) in [4.78, 5) is 0. The molecule has 0 aliphatic heterocycles. The Bertz CT molecular complexity index is 221. The molecule has 0 spiro atoms. The van der Waals surface area contributed by atoms with E-state index in [9.17, 15) is 0 Å². The van der Waals surface area contributed by atoms with Crippen molar-refractivity contribution in [2.75, 3.05) is 13.3 Å². The van der Waals surface area contributed by atoms with E-state index in [4.69, 9.17) is 0 Å². The molecule has 0 radical (unpaired) electrons. The van der Waals surface area contributed by atoms with Crippen molar-refractivity contribution in [3.63, 3.8) is 0 Å². The molecule has 1 aromatic rings. The molecule has 50 valence electrons. The van der Waals surface area contributed by atoms with Crippen molar-refractivity contribution in [2.45, 2.75) is 0 Å². The van der Waals surface area contributed by atoms with Gasteiger partial charge in [-0.2, -0.15) is 0 Å². The summed E-state index contributed by atoms with van der Waals surface area (Å²) in [5.74, 6) is 0. The summed E-state index contributed by atoms with van der Waals surface area (Å²) >= 11 is 3.19. The summed E-state index contributed by atoms with van der Waals surface area (Å²) in [5.41, 5.74) is -0.929. The molecule has 1 heterocycles. The molecule has 1 rings (SSSR count). The van der Waals surface area contributed by atoms with E-state index in [1.807, 2.05) is 0 Å². The molecule has 9 heavy (non-hydrogen) atoms. The van der Waals surface area contributed by atoms with Gasteiger partial charge in [0.15, 0.2) is 0 Å². The van der Waals surface area contributed by atoms with Gasteiger partial charge >= 0.3 is 63.0 Å². The van der Waals surface area contributed by atoms with Crippen LogP contribution in [0.4, 0.5) is 0 Å². The SMILES string of the molecule is CP(C)(=[Se])n1cccc1. The molecule has 0 unspecified atom stereocenters. The number of hydrogen-bond acceptors (Lipinski definition) is 0. The Hall–Kier alpha value is 0.229. The van der Waals surface area contributed by atoms with Crippen LogP contribution in [0.2, 0.25) is 0 Å². The average Bonchev–Trinajstić information content (AvgIpc) is 2.08. The summed E-state index contributed by atoms with van der Waals surface area (Å²) in [6.07, 6.45) is 4.20. The Morgan fingerprint density at radius 2 is 1.67 bits per heavy atom. The van der Waals surface area contributed by atoms with Crippen LogP contribution in [-0.2, 0) is 0 Å². The van der Waals surface area contributed by atoms with Gasteiger partial charge in [0.05, 0.1) is 0 Å². The van der Waals surface area contributed by atoms with Crippen LogP contribution in [0.5, 0.6) is 0 Å². The van der Waals surface area contributed by atoms with Crippen LogP contribution < -0.4 is 0 Å². The molecule has 0 bridgehead atoms. The molecule has 0 aromatic carbocycles. The Balaban J connectivity index is 3.04. The van der Waals surface area contributed by atoms with Crippen LogP contribution >= 0.6 is 5.66 Å². The molecule has 0 fully saturated rings. The fraction of sp³-hybridized carbons (Fsp3) is 0.333. The molecule has 0 aliphatic carbocycles. The molecule has 0 atom stereocenters. The summed E-state index contributed by atoms with van der Waals surface area (Å²) < 4.78 is 2.24. The zero-order chi connectivity index (χ0) is 6.91. The molecular formula is C6H10NPSe. The van der Waals surface area contributed by atoms with Gasteiger partial charge in [-0.15, -0.1) is 0 Å². The van der Waals surface area contributed by atoms with Gasteiger partial charge in [0.1, 0.15) is 0 Å². The molecule has 0 amide bonds. The molecule has 0 saturated carbocycles. The number of nitrogens with zero attached hydrogens (tertiary/aromatic N) is 1. The molecule has 0 saturated heterocycles. The van der Waals surface area contributed by atoms with Gasteiger partial charge < -0.3 is 0 Å². The second-order valence-corrected chi connectivity index (χ2v) is 11.0. The molecule has 1 aromatic heterocycles. The van der Waals surface area contributed by atoms with Crippen LogP contribution in [-0.4, -0.2) is 32.8 Å². The fourth-order valence-electron chi connectivity index (χ4n) is 0.647. The van der Waals surface area contributed by atoms with E-state index in [-0.39, 0.29) is 0 Å². The molecule has 3 heteroatoms. The third kappa shape index (κ3) is 1.82. The van der Waals surface area contributed by atoms with Gasteiger partial charge in [-0.1, -0.05) is 0 Å². The van der Waals surface area contributed by atoms with E-state index in [0.717, 1.165) is 0 Å². The maximum atomic E-state index is 3.19. The Kier molecular flexibility index (Phi) is 2.00. The van der Waals surface area contributed by atoms with Gasteiger partial charge in [0, 0.05) is 0 Å². The maximum absolute atomic E-state index is 3.19. The zero-order valence-corrected chi connectivity index (χ0v) is 8.22. The first-order valence-corrected chi connectivity index (χ1v) is 7.65. The van der Waals surface area contributed by atoms with Gasteiger partial charge in [0.25, 0.3) is 0 Å². The van der Waals surface area contributed by atoms with E-state index in [2.05, 4.69) is 57.3 Å². The predicted octanol–water partition coefficient (Wildman–Crippen LogP) is 1.61. The summed E-state index contributed by atoms with van der Waals surface area (Å²) in [7, 11) is 0. The third-order valence-corrected chi connectivity index (χ3v) is 3.71. The number of aromatic nitrogens is 1. The minimum absolute atomic E-state index is 0.929. The second kappa shape index (κ2) is 2.46. The van der Waals surface area contributed by atoms with Crippen molar-refractivity contribution < 1.29 is 0 Å². The monoisotopic (exact) mass is 207 g/mol. The van der Waals surface area contributed by atoms with E-state index in [1.54, 1.807) is 0 Å². The van der Waals surface area contributed by atoms with Crippen molar-refractivity contribution in [3.8, 4) is 0 Å². The van der Waals surface area contributed by atoms with E-state index >= 15 is 0 Å². The van der Waals surface area contributed by atoms with Crippen LogP contribution in [0, 0.1) is 0 Å². The Labute approximate surface area is 63.3 Å². The Morgan fingerprint density at radius 3 is 1.89 bits per heavy atom.